The van der Waals surface area contributed by atoms with Gasteiger partial charge in [0, 0.05) is 6.04 Å². The average molecular weight is 397 g/mol. The van der Waals surface area contributed by atoms with Gasteiger partial charge in [-0.2, -0.15) is 5.26 Å². The molecule has 1 fully saturated rings. The summed E-state index contributed by atoms with van der Waals surface area (Å²) in [5.74, 6) is 0.167. The number of aromatic nitrogens is 2. The second-order valence-corrected chi connectivity index (χ2v) is 8.52. The molecule has 0 spiro atoms. The van der Waals surface area contributed by atoms with Crippen molar-refractivity contribution >= 4 is 45.0 Å². The molecular weight excluding hydrogens is 376 g/mol. The Morgan fingerprint density at radius 2 is 2.11 bits per heavy atom. The first-order valence-corrected chi connectivity index (χ1v) is 11.0. The lowest BCUT2D eigenvalue weighted by Crippen LogP contribution is -2.16. The molecule has 1 saturated carbocycles. The van der Waals surface area contributed by atoms with Gasteiger partial charge < -0.3 is 9.88 Å². The van der Waals surface area contributed by atoms with Gasteiger partial charge in [0.25, 0.3) is 0 Å². The first-order chi connectivity index (χ1) is 13.3. The van der Waals surface area contributed by atoms with Gasteiger partial charge in [-0.3, -0.25) is 4.79 Å². The summed E-state index contributed by atoms with van der Waals surface area (Å²) in [6.07, 6.45) is 6.13. The molecule has 0 aliphatic heterocycles. The second kappa shape index (κ2) is 8.15. The van der Waals surface area contributed by atoms with Gasteiger partial charge in [-0.15, -0.1) is 11.3 Å². The Bertz CT molecular complexity index is 995. The van der Waals surface area contributed by atoms with Crippen LogP contribution in [0.1, 0.15) is 43.7 Å². The predicted octanol–water partition coefficient (Wildman–Crippen LogP) is 5.21. The van der Waals surface area contributed by atoms with E-state index in [2.05, 4.69) is 22.0 Å². The van der Waals surface area contributed by atoms with Crippen LogP contribution in [-0.2, 0) is 4.79 Å². The quantitative estimate of drug-likeness (QED) is 0.601. The number of fused-ring (bicyclic) bond motifs is 1. The van der Waals surface area contributed by atoms with Crippen LogP contribution in [0.3, 0.4) is 0 Å². The number of nitriles is 1. The second-order valence-electron chi connectivity index (χ2n) is 6.66. The Morgan fingerprint density at radius 1 is 1.30 bits per heavy atom. The minimum absolute atomic E-state index is 0.110. The van der Waals surface area contributed by atoms with Crippen LogP contribution < -0.4 is 5.32 Å². The lowest BCUT2D eigenvalue weighted by atomic mass is 9.95. The molecule has 0 saturated heterocycles. The van der Waals surface area contributed by atoms with Crippen LogP contribution in [0.15, 0.2) is 40.9 Å². The Morgan fingerprint density at radius 3 is 2.93 bits per heavy atom. The van der Waals surface area contributed by atoms with E-state index >= 15 is 0 Å². The monoisotopic (exact) mass is 396 g/mol. The molecule has 2 aromatic heterocycles. The van der Waals surface area contributed by atoms with E-state index in [-0.39, 0.29) is 11.7 Å². The molecule has 4 rings (SSSR count). The van der Waals surface area contributed by atoms with E-state index in [4.69, 9.17) is 10.2 Å². The number of nitrogens with one attached hydrogen (secondary N) is 1. The number of thiophene rings is 1. The Hall–Kier alpha value is -2.30. The van der Waals surface area contributed by atoms with Crippen molar-refractivity contribution in [2.75, 3.05) is 11.1 Å². The molecule has 0 atom stereocenters. The zero-order valence-corrected chi connectivity index (χ0v) is 16.5. The third-order valence-electron chi connectivity index (χ3n) is 4.87. The first-order valence-electron chi connectivity index (χ1n) is 9.13. The maximum Gasteiger partial charge on any atom is 0.235 e. The molecular formula is C20H20N4OS2. The summed E-state index contributed by atoms with van der Waals surface area (Å²) >= 11 is 2.84. The van der Waals surface area contributed by atoms with Crippen LogP contribution in [0.2, 0.25) is 0 Å². The van der Waals surface area contributed by atoms with E-state index in [0.717, 1.165) is 16.2 Å². The van der Waals surface area contributed by atoms with Crippen molar-refractivity contribution in [3.63, 3.8) is 0 Å². The zero-order valence-electron chi connectivity index (χ0n) is 14.9. The third-order valence-corrected chi connectivity index (χ3v) is 6.66. The molecule has 3 aromatic rings. The lowest BCUT2D eigenvalue weighted by molar-refractivity contribution is -0.113. The number of carbonyl (C=O) groups is 1. The number of anilines is 1. The van der Waals surface area contributed by atoms with Crippen LogP contribution in [0.5, 0.6) is 0 Å². The highest BCUT2D eigenvalue weighted by Crippen LogP contribution is 2.35. The van der Waals surface area contributed by atoms with Gasteiger partial charge in [0.05, 0.1) is 22.3 Å². The van der Waals surface area contributed by atoms with Crippen molar-refractivity contribution in [3.05, 3.63) is 41.3 Å². The van der Waals surface area contributed by atoms with Crippen molar-refractivity contribution < 1.29 is 4.79 Å². The van der Waals surface area contributed by atoms with Crippen molar-refractivity contribution in [2.45, 2.75) is 43.3 Å². The van der Waals surface area contributed by atoms with Gasteiger partial charge in [0.15, 0.2) is 5.16 Å². The normalized spacial score (nSPS) is 14.9. The number of imidazole rings is 1. The molecule has 1 aliphatic carbocycles. The molecule has 27 heavy (non-hydrogen) atoms. The van der Waals surface area contributed by atoms with Gasteiger partial charge in [-0.25, -0.2) is 4.98 Å². The van der Waals surface area contributed by atoms with Crippen LogP contribution >= 0.6 is 23.1 Å². The number of para-hydroxylation sites is 2. The minimum atomic E-state index is -0.110. The molecule has 0 bridgehead atoms. The predicted molar refractivity (Wildman–Crippen MR) is 110 cm³/mol. The molecule has 0 radical (unpaired) electrons. The van der Waals surface area contributed by atoms with Crippen molar-refractivity contribution in [1.82, 2.24) is 9.55 Å². The zero-order chi connectivity index (χ0) is 18.6. The molecule has 138 valence electrons. The fourth-order valence-corrected chi connectivity index (χ4v) is 5.24. The third kappa shape index (κ3) is 3.87. The number of benzene rings is 1. The summed E-state index contributed by atoms with van der Waals surface area (Å²) in [7, 11) is 0. The van der Waals surface area contributed by atoms with E-state index in [1.165, 1.54) is 55.2 Å². The van der Waals surface area contributed by atoms with Gasteiger partial charge in [-0.1, -0.05) is 43.2 Å². The largest absolute Gasteiger partial charge is 0.316 e. The smallest absolute Gasteiger partial charge is 0.235 e. The number of carbonyl (C=O) groups excluding carboxylic acids is 1. The Balaban J connectivity index is 1.53. The van der Waals surface area contributed by atoms with Crippen molar-refractivity contribution in [2.24, 2.45) is 0 Å². The van der Waals surface area contributed by atoms with E-state index < -0.39 is 0 Å². The molecule has 1 aliphatic rings. The number of thioether (sulfide) groups is 1. The number of hydrogen-bond donors (Lipinski definition) is 1. The summed E-state index contributed by atoms with van der Waals surface area (Å²) in [4.78, 5) is 17.2. The Kier molecular flexibility index (Phi) is 5.46. The first kappa shape index (κ1) is 18.1. The molecule has 1 aromatic carbocycles. The number of rotatable bonds is 5. The van der Waals surface area contributed by atoms with Gasteiger partial charge >= 0.3 is 0 Å². The molecule has 1 N–H and O–H groups in total. The average Bonchev–Trinajstić information content (AvgIpc) is 3.30. The summed E-state index contributed by atoms with van der Waals surface area (Å²) < 4.78 is 2.33. The van der Waals surface area contributed by atoms with Gasteiger partial charge in [-0.05, 0) is 36.4 Å². The fraction of sp³-hybridized carbons (Fsp3) is 0.350. The molecule has 5 nitrogen and oxygen atoms in total. The minimum Gasteiger partial charge on any atom is -0.316 e. The van der Waals surface area contributed by atoms with Crippen LogP contribution in [0.4, 0.5) is 5.00 Å². The number of amides is 1. The maximum absolute atomic E-state index is 12.4. The number of hydrogen-bond acceptors (Lipinski definition) is 5. The highest BCUT2D eigenvalue weighted by molar-refractivity contribution is 7.99. The van der Waals surface area contributed by atoms with Crippen LogP contribution in [0.25, 0.3) is 11.0 Å². The molecule has 7 heteroatoms. The number of nitrogens with zero attached hydrogens (tertiary/aromatic N) is 3. The molecule has 2 heterocycles. The molecule has 0 unspecified atom stereocenters. The van der Waals surface area contributed by atoms with Gasteiger partial charge in [0.2, 0.25) is 5.91 Å². The summed E-state index contributed by atoms with van der Waals surface area (Å²) in [5, 5.41) is 15.3. The highest BCUT2D eigenvalue weighted by atomic mass is 32.2. The maximum atomic E-state index is 12.4. The molecule has 1 amide bonds. The standard InChI is InChI=1S/C20H20N4OS2/c21-12-14-10-11-26-19(14)23-18(25)13-27-20-22-16-8-4-5-9-17(16)24(20)15-6-2-1-3-7-15/h4-5,8-11,15H,1-3,6-7,13H2,(H,23,25). The van der Waals surface area contributed by atoms with E-state index in [1.807, 2.05) is 23.6 Å². The highest BCUT2D eigenvalue weighted by Gasteiger charge is 2.22. The van der Waals surface area contributed by atoms with Crippen LogP contribution in [-0.4, -0.2) is 21.2 Å². The van der Waals surface area contributed by atoms with Crippen LogP contribution in [0, 0.1) is 11.3 Å². The summed E-state index contributed by atoms with van der Waals surface area (Å²) in [6.45, 7) is 0. The van der Waals surface area contributed by atoms with Crippen molar-refractivity contribution in [3.8, 4) is 6.07 Å². The summed E-state index contributed by atoms with van der Waals surface area (Å²) in [5.41, 5.74) is 2.64. The van der Waals surface area contributed by atoms with Crippen molar-refractivity contribution in [1.29, 1.82) is 5.26 Å². The Labute approximate surface area is 166 Å². The van der Waals surface area contributed by atoms with E-state index in [9.17, 15) is 4.79 Å². The van der Waals surface area contributed by atoms with E-state index in [1.54, 1.807) is 6.07 Å². The summed E-state index contributed by atoms with van der Waals surface area (Å²) in [6, 6.07) is 12.5. The fourth-order valence-electron chi connectivity index (χ4n) is 3.60. The van der Waals surface area contributed by atoms with E-state index in [0.29, 0.717) is 16.6 Å². The SMILES string of the molecule is N#Cc1ccsc1NC(=O)CSc1nc2ccccc2n1C1CCCCC1. The lowest BCUT2D eigenvalue weighted by Gasteiger charge is -2.25. The van der Waals surface area contributed by atoms with Gasteiger partial charge in [0.1, 0.15) is 11.1 Å². The topological polar surface area (TPSA) is 70.7 Å².